The Morgan fingerprint density at radius 2 is 1.95 bits per heavy atom. The van der Waals surface area contributed by atoms with E-state index in [0.29, 0.717) is 36.8 Å². The number of nitrogens with zero attached hydrogens (tertiary/aromatic N) is 4. The van der Waals surface area contributed by atoms with Gasteiger partial charge in [-0.3, -0.25) is 19.1 Å². The molecule has 11 nitrogen and oxygen atoms in total. The summed E-state index contributed by atoms with van der Waals surface area (Å²) in [6, 6.07) is 8.90. The number of benzene rings is 1. The molecule has 2 heterocycles. The predicted molar refractivity (Wildman–Crippen MR) is 134 cm³/mol. The topological polar surface area (TPSA) is 154 Å². The molecule has 2 aliphatic rings. The third-order valence-electron chi connectivity index (χ3n) is 7.21. The Morgan fingerprint density at radius 3 is 2.54 bits per heavy atom. The number of aromatic nitrogens is 2. The van der Waals surface area contributed by atoms with Crippen molar-refractivity contribution in [2.24, 2.45) is 7.05 Å². The number of rotatable bonds is 10. The highest BCUT2D eigenvalue weighted by Gasteiger charge is 2.60. The standard InChI is InChI=1S/C25H30N6O5S/c1-24(2,14-27-16-32)37(35,36)25(9-10-25)15-31-11-8-19-20(29-30(3)21(19)23(31)34)22(33)28-13-18-6-4-17(12-26)5-7-18/h4-7,16H,8-11,13-15H2,1-3H3,(H,27,32)(H,28,33). The molecule has 2 N–H and O–H groups in total. The molecule has 0 unspecified atom stereocenters. The second kappa shape index (κ2) is 9.63. The first-order valence-electron chi connectivity index (χ1n) is 12.0. The molecule has 3 amide bonds. The third-order valence-corrected chi connectivity index (χ3v) is 10.5. The quantitative estimate of drug-likeness (QED) is 0.432. The van der Waals surface area contributed by atoms with E-state index >= 15 is 0 Å². The average Bonchev–Trinajstić information content (AvgIpc) is 3.59. The van der Waals surface area contributed by atoms with E-state index in [4.69, 9.17) is 5.26 Å². The molecule has 2 aromatic rings. The second-order valence-corrected chi connectivity index (χ2v) is 13.2. The molecule has 0 atom stereocenters. The van der Waals surface area contributed by atoms with E-state index in [1.54, 1.807) is 45.2 Å². The van der Waals surface area contributed by atoms with E-state index in [-0.39, 0.29) is 43.5 Å². The smallest absolute Gasteiger partial charge is 0.272 e. The summed E-state index contributed by atoms with van der Waals surface area (Å²) in [6.45, 7) is 3.73. The van der Waals surface area contributed by atoms with Crippen LogP contribution in [0, 0.1) is 11.3 Å². The molecular weight excluding hydrogens is 496 g/mol. The maximum absolute atomic E-state index is 13.5. The van der Waals surface area contributed by atoms with Gasteiger partial charge in [-0.05, 0) is 50.8 Å². The molecule has 1 aromatic heterocycles. The second-order valence-electron chi connectivity index (χ2n) is 10.2. The molecule has 0 radical (unpaired) electrons. The van der Waals surface area contributed by atoms with Gasteiger partial charge in [0.05, 0.1) is 21.1 Å². The third kappa shape index (κ3) is 4.71. The Morgan fingerprint density at radius 1 is 1.27 bits per heavy atom. The van der Waals surface area contributed by atoms with Crippen LogP contribution >= 0.6 is 0 Å². The number of amides is 3. The molecular formula is C25H30N6O5S. The number of nitrogens with one attached hydrogen (secondary N) is 2. The Bertz CT molecular complexity index is 1380. The van der Waals surface area contributed by atoms with Gasteiger partial charge in [-0.15, -0.1) is 0 Å². The SMILES string of the molecule is Cn1nc(C(=O)NCc2ccc(C#N)cc2)c2c1C(=O)N(CC1(S(=O)(=O)C(C)(C)CNC=O)CC1)CC2. The number of fused-ring (bicyclic) bond motifs is 1. The maximum atomic E-state index is 13.5. The van der Waals surface area contributed by atoms with Gasteiger partial charge in [0.1, 0.15) is 5.69 Å². The maximum Gasteiger partial charge on any atom is 0.272 e. The Kier molecular flexibility index (Phi) is 6.85. The monoisotopic (exact) mass is 526 g/mol. The number of hydrogen-bond donors (Lipinski definition) is 2. The lowest BCUT2D eigenvalue weighted by molar-refractivity contribution is -0.109. The zero-order valence-electron chi connectivity index (χ0n) is 21.1. The average molecular weight is 527 g/mol. The van der Waals surface area contributed by atoms with Crippen molar-refractivity contribution in [2.45, 2.75) is 49.1 Å². The first-order valence-corrected chi connectivity index (χ1v) is 13.5. The molecule has 1 aliphatic heterocycles. The molecule has 1 fully saturated rings. The summed E-state index contributed by atoms with van der Waals surface area (Å²) in [5.74, 6) is -0.763. The zero-order chi connectivity index (χ0) is 27.0. The Labute approximate surface area is 215 Å². The van der Waals surface area contributed by atoms with E-state index in [1.165, 1.54) is 9.58 Å². The minimum Gasteiger partial charge on any atom is -0.357 e. The van der Waals surface area contributed by atoms with Gasteiger partial charge in [-0.25, -0.2) is 8.42 Å². The van der Waals surface area contributed by atoms with Crippen LogP contribution in [0.3, 0.4) is 0 Å². The summed E-state index contributed by atoms with van der Waals surface area (Å²) in [7, 11) is -2.08. The predicted octanol–water partition coefficient (Wildman–Crippen LogP) is 0.692. The molecule has 0 saturated heterocycles. The van der Waals surface area contributed by atoms with Crippen LogP contribution in [0.1, 0.15) is 64.4 Å². The lowest BCUT2D eigenvalue weighted by Gasteiger charge is -2.35. The van der Waals surface area contributed by atoms with Gasteiger partial charge in [-0.1, -0.05) is 12.1 Å². The fourth-order valence-electron chi connectivity index (χ4n) is 4.83. The number of sulfone groups is 1. The van der Waals surface area contributed by atoms with Crippen LogP contribution in [0.15, 0.2) is 24.3 Å². The molecule has 12 heteroatoms. The van der Waals surface area contributed by atoms with E-state index in [0.717, 1.165) is 5.56 Å². The highest BCUT2D eigenvalue weighted by atomic mass is 32.2. The molecule has 37 heavy (non-hydrogen) atoms. The largest absolute Gasteiger partial charge is 0.357 e. The van der Waals surface area contributed by atoms with E-state index in [9.17, 15) is 22.8 Å². The van der Waals surface area contributed by atoms with Crippen LogP contribution in [-0.2, 0) is 34.6 Å². The number of nitriles is 1. The van der Waals surface area contributed by atoms with Crippen molar-refractivity contribution in [1.29, 1.82) is 5.26 Å². The fraction of sp³-hybridized carbons (Fsp3) is 0.480. The highest BCUT2D eigenvalue weighted by Crippen LogP contribution is 2.49. The van der Waals surface area contributed by atoms with Gasteiger partial charge in [0, 0.05) is 38.8 Å². The number of carbonyl (C=O) groups is 3. The van der Waals surface area contributed by atoms with Gasteiger partial charge in [0.15, 0.2) is 15.5 Å². The molecule has 1 aliphatic carbocycles. The summed E-state index contributed by atoms with van der Waals surface area (Å²) in [6.07, 6.45) is 1.75. The van der Waals surface area contributed by atoms with Crippen LogP contribution in [0.5, 0.6) is 0 Å². The first kappa shape index (κ1) is 26.3. The van der Waals surface area contributed by atoms with Crippen molar-refractivity contribution in [3.05, 3.63) is 52.3 Å². The van der Waals surface area contributed by atoms with E-state index in [2.05, 4.69) is 15.7 Å². The zero-order valence-corrected chi connectivity index (χ0v) is 21.9. The lowest BCUT2D eigenvalue weighted by Crippen LogP contribution is -2.53. The van der Waals surface area contributed by atoms with Crippen LogP contribution in [-0.4, -0.2) is 70.5 Å². The van der Waals surface area contributed by atoms with E-state index < -0.39 is 25.2 Å². The van der Waals surface area contributed by atoms with Gasteiger partial charge >= 0.3 is 0 Å². The van der Waals surface area contributed by atoms with Gasteiger partial charge < -0.3 is 15.5 Å². The first-order chi connectivity index (χ1) is 17.5. The van der Waals surface area contributed by atoms with Crippen molar-refractivity contribution >= 4 is 28.1 Å². The summed E-state index contributed by atoms with van der Waals surface area (Å²) in [5, 5.41) is 18.5. The van der Waals surface area contributed by atoms with Gasteiger partial charge in [0.25, 0.3) is 11.8 Å². The van der Waals surface area contributed by atoms with Gasteiger partial charge in [-0.2, -0.15) is 10.4 Å². The summed E-state index contributed by atoms with van der Waals surface area (Å²) >= 11 is 0. The van der Waals surface area contributed by atoms with Crippen LogP contribution in [0.2, 0.25) is 0 Å². The number of aryl methyl sites for hydroxylation is 1. The lowest BCUT2D eigenvalue weighted by atomic mass is 10.0. The van der Waals surface area contributed by atoms with Crippen molar-refractivity contribution in [2.75, 3.05) is 19.6 Å². The normalized spacial score (nSPS) is 16.5. The molecule has 1 aromatic carbocycles. The summed E-state index contributed by atoms with van der Waals surface area (Å²) in [5.41, 5.74) is 2.35. The molecule has 0 bridgehead atoms. The minimum atomic E-state index is -3.68. The molecule has 0 spiro atoms. The Hall–Kier alpha value is -3.72. The highest BCUT2D eigenvalue weighted by molar-refractivity contribution is 7.94. The van der Waals surface area contributed by atoms with Crippen molar-refractivity contribution in [3.63, 3.8) is 0 Å². The van der Waals surface area contributed by atoms with E-state index in [1.807, 2.05) is 6.07 Å². The summed E-state index contributed by atoms with van der Waals surface area (Å²) < 4.78 is 26.1. The van der Waals surface area contributed by atoms with Crippen LogP contribution in [0.4, 0.5) is 0 Å². The minimum absolute atomic E-state index is 0.0126. The van der Waals surface area contributed by atoms with Crippen molar-refractivity contribution < 1.29 is 22.8 Å². The van der Waals surface area contributed by atoms with Gasteiger partial charge in [0.2, 0.25) is 6.41 Å². The van der Waals surface area contributed by atoms with Crippen LogP contribution < -0.4 is 10.6 Å². The Balaban J connectivity index is 1.48. The summed E-state index contributed by atoms with van der Waals surface area (Å²) in [4.78, 5) is 38.6. The van der Waals surface area contributed by atoms with Crippen molar-refractivity contribution in [3.8, 4) is 6.07 Å². The van der Waals surface area contributed by atoms with Crippen molar-refractivity contribution in [1.82, 2.24) is 25.3 Å². The molecule has 196 valence electrons. The number of carbonyl (C=O) groups excluding carboxylic acids is 3. The molecule has 1 saturated carbocycles. The molecule has 4 rings (SSSR count). The number of hydrogen-bond acceptors (Lipinski definition) is 7. The van der Waals surface area contributed by atoms with Crippen LogP contribution in [0.25, 0.3) is 0 Å². The fourth-order valence-corrected chi connectivity index (χ4v) is 7.25.